The molecule has 0 saturated carbocycles. The van der Waals surface area contributed by atoms with Gasteiger partial charge in [0.25, 0.3) is 0 Å². The molecule has 0 fully saturated rings. The van der Waals surface area contributed by atoms with Gasteiger partial charge in [-0.05, 0) is 51.1 Å². The molecule has 0 unspecified atom stereocenters. The van der Waals surface area contributed by atoms with Crippen molar-refractivity contribution in [2.75, 3.05) is 6.54 Å². The summed E-state index contributed by atoms with van der Waals surface area (Å²) < 4.78 is 2.18. The summed E-state index contributed by atoms with van der Waals surface area (Å²) in [6.45, 7) is 3.88. The lowest BCUT2D eigenvalue weighted by Gasteiger charge is -2.13. The summed E-state index contributed by atoms with van der Waals surface area (Å²) in [5, 5.41) is 4.59. The maximum atomic E-state index is 5.52. The van der Waals surface area contributed by atoms with Crippen LogP contribution in [0.15, 0.2) is 0 Å². The van der Waals surface area contributed by atoms with E-state index in [1.54, 1.807) is 0 Å². The Morgan fingerprint density at radius 1 is 1.36 bits per heavy atom. The Morgan fingerprint density at radius 3 is 2.93 bits per heavy atom. The van der Waals surface area contributed by atoms with Crippen molar-refractivity contribution in [3.8, 4) is 0 Å². The number of nitrogens with two attached hydrogens (primary N) is 1. The van der Waals surface area contributed by atoms with E-state index in [1.165, 1.54) is 42.6 Å². The van der Waals surface area contributed by atoms with Gasteiger partial charge < -0.3 is 5.73 Å². The number of hydrogen-bond donors (Lipinski definition) is 1. The van der Waals surface area contributed by atoms with Gasteiger partial charge in [-0.15, -0.1) is 0 Å². The van der Waals surface area contributed by atoms with Crippen LogP contribution in [0.1, 0.15) is 36.2 Å². The molecular weight excluding hydrogens is 174 g/mol. The zero-order valence-electron chi connectivity index (χ0n) is 8.92. The summed E-state index contributed by atoms with van der Waals surface area (Å²) in [7, 11) is 0. The lowest BCUT2D eigenvalue weighted by Crippen LogP contribution is -2.12. The Morgan fingerprint density at radius 2 is 2.14 bits per heavy atom. The van der Waals surface area contributed by atoms with E-state index >= 15 is 0 Å². The predicted octanol–water partition coefficient (Wildman–Crippen LogP) is 1.42. The van der Waals surface area contributed by atoms with Gasteiger partial charge in [-0.25, -0.2) is 0 Å². The van der Waals surface area contributed by atoms with Gasteiger partial charge in [0.15, 0.2) is 0 Å². The Bertz CT molecular complexity index is 315. The molecule has 2 rings (SSSR count). The molecule has 0 bridgehead atoms. The third-order valence-corrected chi connectivity index (χ3v) is 3.03. The van der Waals surface area contributed by atoms with Crippen LogP contribution in [0.2, 0.25) is 0 Å². The average molecular weight is 193 g/mol. The second kappa shape index (κ2) is 4.13. The molecule has 78 valence electrons. The highest BCUT2D eigenvalue weighted by Crippen LogP contribution is 2.23. The van der Waals surface area contributed by atoms with Gasteiger partial charge in [-0.3, -0.25) is 4.68 Å². The highest BCUT2D eigenvalue weighted by atomic mass is 15.3. The van der Waals surface area contributed by atoms with Crippen LogP contribution in [0.5, 0.6) is 0 Å². The van der Waals surface area contributed by atoms with E-state index < -0.39 is 0 Å². The monoisotopic (exact) mass is 193 g/mol. The van der Waals surface area contributed by atoms with Crippen molar-refractivity contribution < 1.29 is 0 Å². The minimum atomic E-state index is 0.758. The van der Waals surface area contributed by atoms with Gasteiger partial charge in [0, 0.05) is 12.2 Å². The average Bonchev–Trinajstić information content (AvgIpc) is 2.54. The smallest absolute Gasteiger partial charge is 0.0628 e. The molecule has 14 heavy (non-hydrogen) atoms. The van der Waals surface area contributed by atoms with Crippen LogP contribution in [-0.2, 0) is 19.4 Å². The highest BCUT2D eigenvalue weighted by Gasteiger charge is 2.17. The summed E-state index contributed by atoms with van der Waals surface area (Å²) in [5.41, 5.74) is 9.73. The van der Waals surface area contributed by atoms with Gasteiger partial charge in [0.2, 0.25) is 0 Å². The first-order valence-electron chi connectivity index (χ1n) is 5.58. The van der Waals surface area contributed by atoms with E-state index in [4.69, 9.17) is 5.73 Å². The van der Waals surface area contributed by atoms with Crippen LogP contribution < -0.4 is 5.73 Å². The molecule has 1 aromatic rings. The number of fused-ring (bicyclic) bond motifs is 1. The Labute approximate surface area is 85.3 Å². The summed E-state index contributed by atoms with van der Waals surface area (Å²) in [5.74, 6) is 0. The summed E-state index contributed by atoms with van der Waals surface area (Å²) >= 11 is 0. The molecule has 0 aromatic carbocycles. The van der Waals surface area contributed by atoms with Crippen LogP contribution >= 0.6 is 0 Å². The molecule has 0 spiro atoms. The van der Waals surface area contributed by atoms with Gasteiger partial charge in [0.05, 0.1) is 5.69 Å². The van der Waals surface area contributed by atoms with Gasteiger partial charge in [-0.2, -0.15) is 5.10 Å². The Hall–Kier alpha value is -0.830. The number of aromatic nitrogens is 2. The molecule has 1 aliphatic rings. The summed E-state index contributed by atoms with van der Waals surface area (Å²) in [6, 6.07) is 0. The van der Waals surface area contributed by atoms with E-state index in [-0.39, 0.29) is 0 Å². The minimum absolute atomic E-state index is 0.758. The number of nitrogens with zero attached hydrogens (tertiary/aromatic N) is 2. The highest BCUT2D eigenvalue weighted by molar-refractivity contribution is 5.27. The standard InChI is InChI=1S/C11H19N3/c1-9-10-5-2-3-6-11(10)14(13-9)8-4-7-12/h2-8,12H2,1H3. The number of rotatable bonds is 3. The van der Waals surface area contributed by atoms with Crippen molar-refractivity contribution >= 4 is 0 Å². The zero-order chi connectivity index (χ0) is 9.97. The number of aryl methyl sites for hydroxylation is 2. The topological polar surface area (TPSA) is 43.8 Å². The normalized spacial score (nSPS) is 15.6. The third-order valence-electron chi connectivity index (χ3n) is 3.03. The lowest BCUT2D eigenvalue weighted by atomic mass is 9.96. The fourth-order valence-electron chi connectivity index (χ4n) is 2.29. The van der Waals surface area contributed by atoms with Gasteiger partial charge in [0.1, 0.15) is 0 Å². The van der Waals surface area contributed by atoms with Gasteiger partial charge in [-0.1, -0.05) is 0 Å². The molecule has 0 radical (unpaired) electrons. The van der Waals surface area contributed by atoms with Crippen LogP contribution in [0.25, 0.3) is 0 Å². The molecule has 0 aliphatic heterocycles. The summed E-state index contributed by atoms with van der Waals surface area (Å²) in [4.78, 5) is 0. The molecule has 3 nitrogen and oxygen atoms in total. The predicted molar refractivity (Wildman–Crippen MR) is 57.3 cm³/mol. The van der Waals surface area contributed by atoms with Crippen LogP contribution in [0, 0.1) is 6.92 Å². The molecular formula is C11H19N3. The van der Waals surface area contributed by atoms with Gasteiger partial charge >= 0.3 is 0 Å². The first-order valence-corrected chi connectivity index (χ1v) is 5.58. The first-order chi connectivity index (χ1) is 6.83. The lowest BCUT2D eigenvalue weighted by molar-refractivity contribution is 0.538. The van der Waals surface area contributed by atoms with Crippen molar-refractivity contribution in [3.05, 3.63) is 17.0 Å². The van der Waals surface area contributed by atoms with E-state index in [2.05, 4.69) is 16.7 Å². The first kappa shape index (κ1) is 9.71. The maximum Gasteiger partial charge on any atom is 0.0628 e. The van der Waals surface area contributed by atoms with Crippen LogP contribution in [-0.4, -0.2) is 16.3 Å². The van der Waals surface area contributed by atoms with Crippen molar-refractivity contribution in [1.29, 1.82) is 0 Å². The SMILES string of the molecule is Cc1nn(CCCN)c2c1CCCC2. The van der Waals surface area contributed by atoms with Crippen molar-refractivity contribution in [3.63, 3.8) is 0 Å². The van der Waals surface area contributed by atoms with Crippen LogP contribution in [0.3, 0.4) is 0 Å². The fourth-order valence-corrected chi connectivity index (χ4v) is 2.29. The Balaban J connectivity index is 2.23. The van der Waals surface area contributed by atoms with E-state index in [0.29, 0.717) is 0 Å². The quantitative estimate of drug-likeness (QED) is 0.789. The van der Waals surface area contributed by atoms with Crippen LogP contribution in [0.4, 0.5) is 0 Å². The molecule has 2 N–H and O–H groups in total. The zero-order valence-corrected chi connectivity index (χ0v) is 8.92. The maximum absolute atomic E-state index is 5.52. The fraction of sp³-hybridized carbons (Fsp3) is 0.727. The third kappa shape index (κ3) is 1.69. The second-order valence-corrected chi connectivity index (χ2v) is 4.08. The second-order valence-electron chi connectivity index (χ2n) is 4.08. The molecule has 0 atom stereocenters. The number of hydrogen-bond acceptors (Lipinski definition) is 2. The molecule has 0 saturated heterocycles. The van der Waals surface area contributed by atoms with Crippen molar-refractivity contribution in [1.82, 2.24) is 9.78 Å². The largest absolute Gasteiger partial charge is 0.330 e. The van der Waals surface area contributed by atoms with Crippen molar-refractivity contribution in [2.24, 2.45) is 5.73 Å². The molecule has 1 heterocycles. The molecule has 0 amide bonds. The Kier molecular flexibility index (Phi) is 2.87. The van der Waals surface area contributed by atoms with E-state index in [0.717, 1.165) is 19.5 Å². The van der Waals surface area contributed by atoms with Crippen molar-refractivity contribution in [2.45, 2.75) is 45.6 Å². The molecule has 1 aromatic heterocycles. The van der Waals surface area contributed by atoms with E-state index in [9.17, 15) is 0 Å². The molecule has 1 aliphatic carbocycles. The molecule has 3 heteroatoms. The minimum Gasteiger partial charge on any atom is -0.330 e. The van der Waals surface area contributed by atoms with E-state index in [1.807, 2.05) is 0 Å². The summed E-state index contributed by atoms with van der Waals surface area (Å²) in [6.07, 6.45) is 6.12.